The second kappa shape index (κ2) is 12.1. The number of carbonyl (C=O) groups is 2. The molecule has 0 heterocycles. The van der Waals surface area contributed by atoms with Crippen molar-refractivity contribution in [3.05, 3.63) is 70.2 Å². The monoisotopic (exact) mass is 454 g/mol. The smallest absolute Gasteiger partial charge is 0.243 e. The third kappa shape index (κ3) is 6.59. The normalized spacial score (nSPS) is 15.2. The maximum Gasteiger partial charge on any atom is 0.243 e. The van der Waals surface area contributed by atoms with Crippen molar-refractivity contribution in [2.45, 2.75) is 83.8 Å². The zero-order valence-electron chi connectivity index (χ0n) is 19.3. The maximum atomic E-state index is 13.4. The largest absolute Gasteiger partial charge is 0.352 e. The minimum Gasteiger partial charge on any atom is -0.352 e. The first-order chi connectivity index (χ1) is 15.5. The zero-order valence-corrected chi connectivity index (χ0v) is 20.0. The van der Waals surface area contributed by atoms with Crippen molar-refractivity contribution in [3.63, 3.8) is 0 Å². The van der Waals surface area contributed by atoms with Gasteiger partial charge < -0.3 is 10.2 Å². The Morgan fingerprint density at radius 2 is 1.69 bits per heavy atom. The van der Waals surface area contributed by atoms with E-state index in [-0.39, 0.29) is 17.9 Å². The number of aryl methyl sites for hydroxylation is 2. The topological polar surface area (TPSA) is 49.4 Å². The Morgan fingerprint density at radius 1 is 1.03 bits per heavy atom. The predicted molar refractivity (Wildman–Crippen MR) is 131 cm³/mol. The molecule has 0 aliphatic heterocycles. The molecule has 1 fully saturated rings. The zero-order chi connectivity index (χ0) is 22.9. The number of halogens is 1. The first-order valence-corrected chi connectivity index (χ1v) is 12.2. The van der Waals surface area contributed by atoms with E-state index in [2.05, 4.69) is 5.32 Å². The van der Waals surface area contributed by atoms with Gasteiger partial charge in [-0.1, -0.05) is 80.3 Å². The van der Waals surface area contributed by atoms with Crippen molar-refractivity contribution in [2.24, 2.45) is 0 Å². The summed E-state index contributed by atoms with van der Waals surface area (Å²) in [6.07, 6.45) is 7.08. The lowest BCUT2D eigenvalue weighted by atomic mass is 9.95. The van der Waals surface area contributed by atoms with Gasteiger partial charge in [-0.2, -0.15) is 0 Å². The summed E-state index contributed by atoms with van der Waals surface area (Å²) in [6.45, 7) is 4.46. The summed E-state index contributed by atoms with van der Waals surface area (Å²) >= 11 is 6.30. The third-order valence-corrected chi connectivity index (χ3v) is 6.87. The molecular weight excluding hydrogens is 420 g/mol. The number of amides is 2. The molecule has 0 spiro atoms. The Morgan fingerprint density at radius 3 is 2.34 bits per heavy atom. The van der Waals surface area contributed by atoms with E-state index in [1.807, 2.05) is 62.4 Å². The molecule has 0 radical (unpaired) electrons. The van der Waals surface area contributed by atoms with Crippen LogP contribution in [0, 0.1) is 6.92 Å². The van der Waals surface area contributed by atoms with Crippen LogP contribution < -0.4 is 5.32 Å². The Balaban J connectivity index is 1.77. The van der Waals surface area contributed by atoms with Crippen LogP contribution in [-0.2, 0) is 22.6 Å². The van der Waals surface area contributed by atoms with Gasteiger partial charge >= 0.3 is 0 Å². The molecule has 0 saturated heterocycles. The standard InChI is InChI=1S/C27H35ClN2O2/c1-3-25(27(32)29-23-14-5-4-6-15-23)30(19-22-13-8-7-11-20(22)2)26(31)18-17-21-12-9-10-16-24(21)28/h7-13,16,23,25H,3-6,14-15,17-19H2,1-2H3,(H,29,32)/t25-/m1/s1. The van der Waals surface area contributed by atoms with Crippen LogP contribution in [0.15, 0.2) is 48.5 Å². The molecule has 3 rings (SSSR count). The van der Waals surface area contributed by atoms with Crippen LogP contribution >= 0.6 is 11.6 Å². The lowest BCUT2D eigenvalue weighted by Crippen LogP contribution is -2.51. The number of hydrogen-bond acceptors (Lipinski definition) is 2. The van der Waals surface area contributed by atoms with Crippen molar-refractivity contribution in [3.8, 4) is 0 Å². The quantitative estimate of drug-likeness (QED) is 0.517. The molecular formula is C27H35ClN2O2. The van der Waals surface area contributed by atoms with Crippen molar-refractivity contribution in [1.29, 1.82) is 0 Å². The van der Waals surface area contributed by atoms with Gasteiger partial charge in [-0.25, -0.2) is 0 Å². The number of rotatable bonds is 9. The molecule has 0 aromatic heterocycles. The van der Waals surface area contributed by atoms with E-state index >= 15 is 0 Å². The molecule has 1 atom stereocenters. The van der Waals surface area contributed by atoms with Crippen molar-refractivity contribution < 1.29 is 9.59 Å². The van der Waals surface area contributed by atoms with Gasteiger partial charge in [0.1, 0.15) is 6.04 Å². The number of carbonyl (C=O) groups excluding carboxylic acids is 2. The fourth-order valence-electron chi connectivity index (χ4n) is 4.52. The summed E-state index contributed by atoms with van der Waals surface area (Å²) in [7, 11) is 0. The summed E-state index contributed by atoms with van der Waals surface area (Å²) < 4.78 is 0. The molecule has 2 amide bonds. The number of hydrogen-bond donors (Lipinski definition) is 1. The Bertz CT molecular complexity index is 908. The Labute approximate surface area is 197 Å². The average Bonchev–Trinajstić information content (AvgIpc) is 2.80. The highest BCUT2D eigenvalue weighted by Crippen LogP contribution is 2.22. The van der Waals surface area contributed by atoms with E-state index in [0.29, 0.717) is 30.8 Å². The fraction of sp³-hybridized carbons (Fsp3) is 0.481. The van der Waals surface area contributed by atoms with Crippen LogP contribution in [0.3, 0.4) is 0 Å². The molecule has 172 valence electrons. The number of nitrogens with one attached hydrogen (secondary N) is 1. The third-order valence-electron chi connectivity index (χ3n) is 6.51. The molecule has 2 aromatic carbocycles. The second-order valence-corrected chi connectivity index (χ2v) is 9.21. The molecule has 4 nitrogen and oxygen atoms in total. The van der Waals surface area contributed by atoms with E-state index in [4.69, 9.17) is 11.6 Å². The van der Waals surface area contributed by atoms with Crippen LogP contribution in [0.1, 0.15) is 68.6 Å². The molecule has 1 aliphatic carbocycles. The van der Waals surface area contributed by atoms with E-state index in [1.165, 1.54) is 6.42 Å². The summed E-state index contributed by atoms with van der Waals surface area (Å²) in [4.78, 5) is 28.5. The summed E-state index contributed by atoms with van der Waals surface area (Å²) in [5.41, 5.74) is 3.15. The van der Waals surface area contributed by atoms with Crippen LogP contribution in [-0.4, -0.2) is 28.8 Å². The van der Waals surface area contributed by atoms with E-state index < -0.39 is 6.04 Å². The van der Waals surface area contributed by atoms with Gasteiger partial charge in [0.05, 0.1) is 0 Å². The SMILES string of the molecule is CC[C@H](C(=O)NC1CCCCC1)N(Cc1ccccc1C)C(=O)CCc1ccccc1Cl. The lowest BCUT2D eigenvalue weighted by Gasteiger charge is -2.33. The minimum atomic E-state index is -0.477. The average molecular weight is 455 g/mol. The lowest BCUT2D eigenvalue weighted by molar-refractivity contribution is -0.141. The molecule has 1 saturated carbocycles. The van der Waals surface area contributed by atoms with E-state index in [0.717, 1.165) is 42.4 Å². The maximum absolute atomic E-state index is 13.4. The minimum absolute atomic E-state index is 0.0150. The first-order valence-electron chi connectivity index (χ1n) is 11.9. The first kappa shape index (κ1) is 24.3. The predicted octanol–water partition coefficient (Wildman–Crippen LogP) is 5.84. The van der Waals surface area contributed by atoms with Crippen LogP contribution in [0.2, 0.25) is 5.02 Å². The summed E-state index contributed by atoms with van der Waals surface area (Å²) in [5, 5.41) is 3.91. The Kier molecular flexibility index (Phi) is 9.16. The van der Waals surface area contributed by atoms with Gasteiger partial charge in [0, 0.05) is 24.0 Å². The molecule has 0 unspecified atom stereocenters. The van der Waals surface area contributed by atoms with Crippen LogP contribution in [0.25, 0.3) is 0 Å². The van der Waals surface area contributed by atoms with Gasteiger partial charge in [0.2, 0.25) is 11.8 Å². The highest BCUT2D eigenvalue weighted by Gasteiger charge is 2.30. The summed E-state index contributed by atoms with van der Waals surface area (Å²) in [6, 6.07) is 15.4. The van der Waals surface area contributed by atoms with Crippen molar-refractivity contribution >= 4 is 23.4 Å². The molecule has 32 heavy (non-hydrogen) atoms. The van der Waals surface area contributed by atoms with Gasteiger partial charge in [0.25, 0.3) is 0 Å². The number of nitrogens with zero attached hydrogens (tertiary/aromatic N) is 1. The Hall–Kier alpha value is -2.33. The van der Waals surface area contributed by atoms with Crippen molar-refractivity contribution in [2.75, 3.05) is 0 Å². The van der Waals surface area contributed by atoms with Crippen LogP contribution in [0.4, 0.5) is 0 Å². The van der Waals surface area contributed by atoms with Gasteiger partial charge in [0.15, 0.2) is 0 Å². The van der Waals surface area contributed by atoms with E-state index in [9.17, 15) is 9.59 Å². The fourth-order valence-corrected chi connectivity index (χ4v) is 4.75. The highest BCUT2D eigenvalue weighted by atomic mass is 35.5. The molecule has 2 aromatic rings. The summed E-state index contributed by atoms with van der Waals surface area (Å²) in [5.74, 6) is -0.0436. The van der Waals surface area contributed by atoms with Gasteiger partial charge in [-0.3, -0.25) is 9.59 Å². The van der Waals surface area contributed by atoms with E-state index in [1.54, 1.807) is 4.90 Å². The van der Waals surface area contributed by atoms with Crippen molar-refractivity contribution in [1.82, 2.24) is 10.2 Å². The van der Waals surface area contributed by atoms with Gasteiger partial charge in [-0.05, 0) is 55.4 Å². The second-order valence-electron chi connectivity index (χ2n) is 8.81. The molecule has 5 heteroatoms. The van der Waals surface area contributed by atoms with Crippen LogP contribution in [0.5, 0.6) is 0 Å². The molecule has 0 bridgehead atoms. The number of benzene rings is 2. The molecule has 1 aliphatic rings. The molecule has 1 N–H and O–H groups in total. The van der Waals surface area contributed by atoms with Gasteiger partial charge in [-0.15, -0.1) is 0 Å². The highest BCUT2D eigenvalue weighted by molar-refractivity contribution is 6.31.